The van der Waals surface area contributed by atoms with Gasteiger partial charge in [0, 0.05) is 6.07 Å². The van der Waals surface area contributed by atoms with Crippen LogP contribution in [0.2, 0.25) is 0 Å². The van der Waals surface area contributed by atoms with Crippen LogP contribution in [0.15, 0.2) is 29.2 Å². The quantitative estimate of drug-likeness (QED) is 0.449. The monoisotopic (exact) mass is 301 g/mol. The molecule has 7 nitrogen and oxygen atoms in total. The van der Waals surface area contributed by atoms with Crippen LogP contribution in [0.25, 0.3) is 0 Å². The zero-order chi connectivity index (χ0) is 15.3. The zero-order valence-corrected chi connectivity index (χ0v) is 11.9. The Morgan fingerprint density at radius 3 is 2.55 bits per heavy atom. The smallest absolute Gasteiger partial charge is 0.309 e. The molecule has 0 amide bonds. The van der Waals surface area contributed by atoms with E-state index in [4.69, 9.17) is 4.74 Å². The van der Waals surface area contributed by atoms with Crippen molar-refractivity contribution in [3.05, 3.63) is 34.4 Å². The van der Waals surface area contributed by atoms with E-state index in [0.29, 0.717) is 0 Å². The number of para-hydroxylation sites is 1. The number of carbonyl (C=O) groups is 1. The molecule has 20 heavy (non-hydrogen) atoms. The number of esters is 1. The highest BCUT2D eigenvalue weighted by atomic mass is 32.2. The van der Waals surface area contributed by atoms with Gasteiger partial charge in [0.25, 0.3) is 5.69 Å². The molecule has 1 atom stereocenters. The van der Waals surface area contributed by atoms with Gasteiger partial charge in [0.15, 0.2) is 9.84 Å². The summed E-state index contributed by atoms with van der Waals surface area (Å²) in [6.07, 6.45) is 0. The van der Waals surface area contributed by atoms with Gasteiger partial charge >= 0.3 is 5.97 Å². The molecule has 1 aromatic rings. The number of ether oxygens (including phenoxy) is 1. The van der Waals surface area contributed by atoms with Gasteiger partial charge in [0.1, 0.15) is 4.90 Å². The van der Waals surface area contributed by atoms with Crippen molar-refractivity contribution in [2.24, 2.45) is 5.92 Å². The molecule has 1 rings (SSSR count). The fraction of sp³-hybridized carbons (Fsp3) is 0.417. The van der Waals surface area contributed by atoms with E-state index in [0.717, 1.165) is 12.1 Å². The number of carbonyl (C=O) groups excluding carboxylic acids is 1. The topological polar surface area (TPSA) is 104 Å². The predicted molar refractivity (Wildman–Crippen MR) is 70.9 cm³/mol. The van der Waals surface area contributed by atoms with Crippen LogP contribution in [-0.2, 0) is 19.4 Å². The Hall–Kier alpha value is -1.96. The predicted octanol–water partition coefficient (Wildman–Crippen LogP) is 1.57. The van der Waals surface area contributed by atoms with Crippen molar-refractivity contribution in [1.82, 2.24) is 0 Å². The van der Waals surface area contributed by atoms with E-state index in [-0.39, 0.29) is 11.5 Å². The van der Waals surface area contributed by atoms with Crippen LogP contribution in [0, 0.1) is 16.0 Å². The summed E-state index contributed by atoms with van der Waals surface area (Å²) in [5.41, 5.74) is -0.497. The van der Waals surface area contributed by atoms with Crippen LogP contribution < -0.4 is 0 Å². The lowest BCUT2D eigenvalue weighted by Gasteiger charge is -2.11. The Balaban J connectivity index is 3.06. The minimum absolute atomic E-state index is 0.148. The number of nitro benzene ring substituents is 1. The van der Waals surface area contributed by atoms with Gasteiger partial charge in [-0.2, -0.15) is 0 Å². The van der Waals surface area contributed by atoms with Gasteiger partial charge in [-0.3, -0.25) is 14.9 Å². The van der Waals surface area contributed by atoms with Crippen LogP contribution in [0.5, 0.6) is 0 Å². The fourth-order valence-electron chi connectivity index (χ4n) is 1.64. The van der Waals surface area contributed by atoms with Crippen LogP contribution in [0.1, 0.15) is 13.8 Å². The number of hydrogen-bond donors (Lipinski definition) is 0. The van der Waals surface area contributed by atoms with Crippen LogP contribution in [0.4, 0.5) is 5.69 Å². The lowest BCUT2D eigenvalue weighted by atomic mass is 10.2. The average Bonchev–Trinajstić information content (AvgIpc) is 2.38. The first-order chi connectivity index (χ1) is 9.29. The van der Waals surface area contributed by atoms with E-state index >= 15 is 0 Å². The summed E-state index contributed by atoms with van der Waals surface area (Å²) in [6, 6.07) is 5.05. The van der Waals surface area contributed by atoms with Crippen molar-refractivity contribution in [2.45, 2.75) is 18.7 Å². The molecule has 0 fully saturated rings. The highest BCUT2D eigenvalue weighted by Crippen LogP contribution is 2.25. The standard InChI is InChI=1S/C12H15NO6S/c1-3-19-12(14)9(2)8-20(17,18)11-7-5-4-6-10(11)13(15)16/h4-7,9H,3,8H2,1-2H3. The normalized spacial score (nSPS) is 12.7. The molecule has 1 unspecified atom stereocenters. The maximum absolute atomic E-state index is 12.2. The summed E-state index contributed by atoms with van der Waals surface area (Å²) in [5, 5.41) is 10.8. The Labute approximate surface area is 116 Å². The molecule has 0 heterocycles. The molecule has 0 aliphatic rings. The van der Waals surface area contributed by atoms with Crippen molar-refractivity contribution in [3.63, 3.8) is 0 Å². The number of benzene rings is 1. The maximum Gasteiger partial charge on any atom is 0.309 e. The Bertz CT molecular complexity index is 610. The molecular formula is C12H15NO6S. The van der Waals surface area contributed by atoms with Gasteiger partial charge in [-0.05, 0) is 13.0 Å². The van der Waals surface area contributed by atoms with Crippen LogP contribution in [0.3, 0.4) is 0 Å². The number of nitro groups is 1. The largest absolute Gasteiger partial charge is 0.466 e. The van der Waals surface area contributed by atoms with Crippen molar-refractivity contribution in [1.29, 1.82) is 0 Å². The molecule has 0 aromatic heterocycles. The molecular weight excluding hydrogens is 286 g/mol. The lowest BCUT2D eigenvalue weighted by Crippen LogP contribution is -2.24. The first-order valence-electron chi connectivity index (χ1n) is 5.92. The summed E-state index contributed by atoms with van der Waals surface area (Å²) in [5.74, 6) is -2.06. The zero-order valence-electron chi connectivity index (χ0n) is 11.1. The number of hydrogen-bond acceptors (Lipinski definition) is 6. The molecule has 110 valence electrons. The van der Waals surface area contributed by atoms with Crippen LogP contribution >= 0.6 is 0 Å². The van der Waals surface area contributed by atoms with Crippen molar-refractivity contribution in [3.8, 4) is 0 Å². The van der Waals surface area contributed by atoms with E-state index in [1.54, 1.807) is 6.92 Å². The third kappa shape index (κ3) is 3.77. The summed E-state index contributed by atoms with van der Waals surface area (Å²) < 4.78 is 29.1. The lowest BCUT2D eigenvalue weighted by molar-refractivity contribution is -0.387. The summed E-state index contributed by atoms with van der Waals surface area (Å²) in [4.78, 5) is 21.1. The Kier molecular flexibility index (Phi) is 5.20. The summed E-state index contributed by atoms with van der Waals surface area (Å²) in [7, 11) is -3.94. The average molecular weight is 301 g/mol. The third-order valence-electron chi connectivity index (χ3n) is 2.56. The SMILES string of the molecule is CCOC(=O)C(C)CS(=O)(=O)c1ccccc1[N+](=O)[O-]. The van der Waals surface area contributed by atoms with Crippen molar-refractivity contribution >= 4 is 21.5 Å². The van der Waals surface area contributed by atoms with Crippen LogP contribution in [-0.4, -0.2) is 31.7 Å². The highest BCUT2D eigenvalue weighted by Gasteiger charge is 2.29. The second-order valence-corrected chi connectivity index (χ2v) is 6.16. The molecule has 0 saturated carbocycles. The Morgan fingerprint density at radius 1 is 1.40 bits per heavy atom. The number of sulfone groups is 1. The van der Waals surface area contributed by atoms with Gasteiger partial charge in [-0.15, -0.1) is 0 Å². The highest BCUT2D eigenvalue weighted by molar-refractivity contribution is 7.91. The van der Waals surface area contributed by atoms with Gasteiger partial charge in [0.2, 0.25) is 0 Å². The molecule has 0 spiro atoms. The molecule has 8 heteroatoms. The minimum atomic E-state index is -3.94. The third-order valence-corrected chi connectivity index (χ3v) is 4.51. The molecule has 1 aromatic carbocycles. The molecule has 0 saturated heterocycles. The van der Waals surface area contributed by atoms with E-state index in [9.17, 15) is 23.3 Å². The van der Waals surface area contributed by atoms with Gasteiger partial charge in [-0.25, -0.2) is 8.42 Å². The summed E-state index contributed by atoms with van der Waals surface area (Å²) >= 11 is 0. The maximum atomic E-state index is 12.2. The van der Waals surface area contributed by atoms with Gasteiger partial charge in [-0.1, -0.05) is 19.1 Å². The molecule has 0 bridgehead atoms. The van der Waals surface area contributed by atoms with Gasteiger partial charge in [0.05, 0.1) is 23.2 Å². The first kappa shape index (κ1) is 16.1. The van der Waals surface area contributed by atoms with E-state index in [2.05, 4.69) is 0 Å². The first-order valence-corrected chi connectivity index (χ1v) is 7.57. The van der Waals surface area contributed by atoms with E-state index in [1.165, 1.54) is 19.1 Å². The van der Waals surface area contributed by atoms with Crippen molar-refractivity contribution < 1.29 is 22.9 Å². The molecule has 0 radical (unpaired) electrons. The summed E-state index contributed by atoms with van der Waals surface area (Å²) in [6.45, 7) is 3.17. The second-order valence-electron chi connectivity index (χ2n) is 4.16. The minimum Gasteiger partial charge on any atom is -0.466 e. The molecule has 0 aliphatic carbocycles. The second kappa shape index (κ2) is 6.47. The van der Waals surface area contributed by atoms with E-state index in [1.807, 2.05) is 0 Å². The number of nitrogens with zero attached hydrogens (tertiary/aromatic N) is 1. The Morgan fingerprint density at radius 2 is 2.00 bits per heavy atom. The van der Waals surface area contributed by atoms with Gasteiger partial charge < -0.3 is 4.74 Å². The fourth-order valence-corrected chi connectivity index (χ4v) is 3.36. The number of rotatable bonds is 6. The molecule has 0 aliphatic heterocycles. The molecule has 0 N–H and O–H groups in total. The van der Waals surface area contributed by atoms with Crippen molar-refractivity contribution in [2.75, 3.05) is 12.4 Å². The van der Waals surface area contributed by atoms with E-state index < -0.39 is 38.1 Å².